The van der Waals surface area contributed by atoms with E-state index in [0.29, 0.717) is 18.3 Å². The molecule has 0 N–H and O–H groups in total. The number of hydrogen-bond acceptors (Lipinski definition) is 4. The first kappa shape index (κ1) is 41.3. The maximum absolute atomic E-state index is 11.6. The molecule has 0 aliphatic carbocycles. The number of hydrogen-bond donors (Lipinski definition) is 0. The van der Waals surface area contributed by atoms with Gasteiger partial charge in [0.1, 0.15) is 4.91 Å². The molecule has 0 atom stereocenters. The molecular weight excluding hydrogens is 496 g/mol. The third-order valence-corrected chi connectivity index (χ3v) is 7.39. The zero-order chi connectivity index (χ0) is 29.8. The summed E-state index contributed by atoms with van der Waals surface area (Å²) in [4.78, 5) is 23.8. The molecule has 0 saturated carbocycles. The molecule has 0 fully saturated rings. The highest BCUT2D eigenvalue weighted by Crippen LogP contribution is 2.14. The largest absolute Gasteiger partial charge is 0.477 e. The summed E-state index contributed by atoms with van der Waals surface area (Å²) < 4.78 is 0. The van der Waals surface area contributed by atoms with E-state index in [-0.39, 0.29) is 0 Å². The molecule has 0 rings (SSSR count). The van der Waals surface area contributed by atoms with Gasteiger partial charge in [0.25, 0.3) is 0 Å². The molecule has 242 valence electrons. The normalized spacial score (nSPS) is 10.9. The summed E-state index contributed by atoms with van der Waals surface area (Å²) in [5.74, 6) is 0. The van der Waals surface area contributed by atoms with Crippen molar-refractivity contribution in [3.63, 3.8) is 0 Å². The first-order valence-electron chi connectivity index (χ1n) is 17.9. The van der Waals surface area contributed by atoms with Gasteiger partial charge < -0.3 is 4.90 Å². The molecule has 0 aromatic rings. The minimum Gasteiger partial charge on any atom is -0.312 e. The van der Waals surface area contributed by atoms with Crippen LogP contribution < -0.4 is 0 Å². The Morgan fingerprint density at radius 1 is 0.375 bits per heavy atom. The fourth-order valence-corrected chi connectivity index (χ4v) is 4.91. The standard InChI is InChI=1S/C32H66NO3.C3H9N/c1-3-5-7-9-11-13-15-17-19-21-23-25-27-29-31-35-33(34)36-32-30-28-26-24-22-20-18-16-14-12-10-8-6-4-2;1-4(2)3/h3-32H2,1-2H3;1-3H3/q+1;. The van der Waals surface area contributed by atoms with Gasteiger partial charge in [0.15, 0.2) is 13.2 Å². The van der Waals surface area contributed by atoms with Crippen molar-refractivity contribution in [2.75, 3.05) is 34.4 Å². The van der Waals surface area contributed by atoms with Crippen LogP contribution in [0.2, 0.25) is 0 Å². The molecule has 0 spiro atoms. The molecule has 5 nitrogen and oxygen atoms in total. The Morgan fingerprint density at radius 2 is 0.550 bits per heavy atom. The third-order valence-electron chi connectivity index (χ3n) is 7.39. The van der Waals surface area contributed by atoms with E-state index in [9.17, 15) is 4.91 Å². The molecule has 0 aliphatic heterocycles. The summed E-state index contributed by atoms with van der Waals surface area (Å²) >= 11 is 0. The van der Waals surface area contributed by atoms with Gasteiger partial charge in [-0.05, 0) is 46.8 Å². The van der Waals surface area contributed by atoms with Crippen molar-refractivity contribution >= 4 is 0 Å². The van der Waals surface area contributed by atoms with Crippen LogP contribution in [0, 0.1) is 4.91 Å². The van der Waals surface area contributed by atoms with Gasteiger partial charge in [-0.15, -0.1) is 0 Å². The SMILES string of the molecule is CCCCCCCCCCCCCCCCO[N+](=O)OCCCCCCCCCCCCCCCC.CN(C)C. The highest BCUT2D eigenvalue weighted by molar-refractivity contribution is 4.50. The lowest BCUT2D eigenvalue weighted by Gasteiger charge is -2.03. The van der Waals surface area contributed by atoms with Crippen molar-refractivity contribution in [1.82, 2.24) is 4.90 Å². The molecule has 0 aliphatic rings. The fraction of sp³-hybridized carbons (Fsp3) is 1.00. The molecular formula is C35H75N2O3+. The van der Waals surface area contributed by atoms with Crippen molar-refractivity contribution in [3.05, 3.63) is 4.91 Å². The Labute approximate surface area is 252 Å². The second-order valence-electron chi connectivity index (χ2n) is 12.4. The van der Waals surface area contributed by atoms with Crippen LogP contribution in [0.1, 0.15) is 194 Å². The lowest BCUT2D eigenvalue weighted by molar-refractivity contribution is -0.981. The van der Waals surface area contributed by atoms with Crippen LogP contribution in [0.3, 0.4) is 0 Å². The second-order valence-corrected chi connectivity index (χ2v) is 12.4. The quantitative estimate of drug-likeness (QED) is 0.0595. The molecule has 0 unspecified atom stereocenters. The van der Waals surface area contributed by atoms with E-state index in [0.717, 1.165) is 25.7 Å². The predicted octanol–water partition coefficient (Wildman–Crippen LogP) is 11.8. The van der Waals surface area contributed by atoms with Crippen LogP contribution in [0.25, 0.3) is 0 Å². The van der Waals surface area contributed by atoms with E-state index in [1.807, 2.05) is 26.0 Å². The molecule has 0 aromatic carbocycles. The average molecular weight is 572 g/mol. The van der Waals surface area contributed by atoms with Crippen LogP contribution in [-0.4, -0.2) is 44.3 Å². The average Bonchev–Trinajstić information content (AvgIpc) is 2.92. The summed E-state index contributed by atoms with van der Waals surface area (Å²) in [5.41, 5.74) is 0. The van der Waals surface area contributed by atoms with Gasteiger partial charge in [-0.25, -0.2) is 0 Å². The molecule has 0 aromatic heterocycles. The zero-order valence-electron chi connectivity index (χ0n) is 28.3. The minimum absolute atomic E-state index is 0.338. The maximum Gasteiger partial charge on any atom is 0.477 e. The summed E-state index contributed by atoms with van der Waals surface area (Å²) in [6.07, 6.45) is 37.3. The summed E-state index contributed by atoms with van der Waals surface area (Å²) in [5, 5.41) is 0.338. The van der Waals surface area contributed by atoms with Crippen LogP contribution in [0.4, 0.5) is 0 Å². The number of nitrogens with zero attached hydrogens (tertiary/aromatic N) is 2. The van der Waals surface area contributed by atoms with Crippen molar-refractivity contribution in [1.29, 1.82) is 0 Å². The predicted molar refractivity (Wildman–Crippen MR) is 176 cm³/mol. The number of rotatable bonds is 32. The summed E-state index contributed by atoms with van der Waals surface area (Å²) in [7, 11) is 6.00. The van der Waals surface area contributed by atoms with Gasteiger partial charge in [-0.3, -0.25) is 0 Å². The summed E-state index contributed by atoms with van der Waals surface area (Å²) in [6.45, 7) is 5.51. The van der Waals surface area contributed by atoms with E-state index in [1.54, 1.807) is 0 Å². The molecule has 0 heterocycles. The zero-order valence-corrected chi connectivity index (χ0v) is 28.3. The molecule has 0 bridgehead atoms. The van der Waals surface area contributed by atoms with Crippen molar-refractivity contribution in [3.8, 4) is 0 Å². The van der Waals surface area contributed by atoms with Crippen LogP contribution in [-0.2, 0) is 9.68 Å². The first-order chi connectivity index (χ1) is 19.5. The van der Waals surface area contributed by atoms with Crippen molar-refractivity contribution < 1.29 is 14.8 Å². The van der Waals surface area contributed by atoms with Gasteiger partial charge in [-0.2, -0.15) is 9.68 Å². The van der Waals surface area contributed by atoms with Crippen LogP contribution >= 0.6 is 0 Å². The lowest BCUT2D eigenvalue weighted by atomic mass is 10.0. The summed E-state index contributed by atoms with van der Waals surface area (Å²) in [6, 6.07) is 0. The Kier molecular flexibility index (Phi) is 39.4. The molecule has 40 heavy (non-hydrogen) atoms. The molecule has 0 amide bonds. The Morgan fingerprint density at radius 3 is 0.750 bits per heavy atom. The molecule has 5 heteroatoms. The maximum atomic E-state index is 11.6. The Hall–Kier alpha value is -0.840. The van der Waals surface area contributed by atoms with Crippen molar-refractivity contribution in [2.24, 2.45) is 0 Å². The van der Waals surface area contributed by atoms with Gasteiger partial charge in [-0.1, -0.05) is 168 Å². The molecule has 0 radical (unpaired) electrons. The number of unbranched alkanes of at least 4 members (excludes halogenated alkanes) is 26. The monoisotopic (exact) mass is 572 g/mol. The van der Waals surface area contributed by atoms with E-state index in [1.165, 1.54) is 154 Å². The van der Waals surface area contributed by atoms with Gasteiger partial charge >= 0.3 is 5.09 Å². The fourth-order valence-electron chi connectivity index (χ4n) is 4.91. The highest BCUT2D eigenvalue weighted by Gasteiger charge is 2.11. The minimum atomic E-state index is 0.338. The third kappa shape index (κ3) is 44.2. The lowest BCUT2D eigenvalue weighted by Crippen LogP contribution is -2.12. The van der Waals surface area contributed by atoms with Crippen LogP contribution in [0.15, 0.2) is 0 Å². The van der Waals surface area contributed by atoms with Gasteiger partial charge in [0.2, 0.25) is 0 Å². The van der Waals surface area contributed by atoms with Crippen LogP contribution in [0.5, 0.6) is 0 Å². The smallest absolute Gasteiger partial charge is 0.312 e. The Balaban J connectivity index is 0. The Bertz CT molecular complexity index is 421. The van der Waals surface area contributed by atoms with E-state index in [2.05, 4.69) is 13.8 Å². The van der Waals surface area contributed by atoms with Crippen molar-refractivity contribution in [2.45, 2.75) is 194 Å². The van der Waals surface area contributed by atoms with E-state index >= 15 is 0 Å². The van der Waals surface area contributed by atoms with E-state index in [4.69, 9.17) is 9.68 Å². The molecule has 0 saturated heterocycles. The van der Waals surface area contributed by atoms with Gasteiger partial charge in [0.05, 0.1) is 0 Å². The highest BCUT2D eigenvalue weighted by atomic mass is 17.0. The second kappa shape index (κ2) is 38.2. The first-order valence-corrected chi connectivity index (χ1v) is 17.9. The topological polar surface area (TPSA) is 41.8 Å². The van der Waals surface area contributed by atoms with E-state index < -0.39 is 0 Å². The van der Waals surface area contributed by atoms with Gasteiger partial charge in [0, 0.05) is 0 Å².